The number of carboxylic acid groups (broad SMARTS) is 1. The van der Waals surface area contributed by atoms with Crippen LogP contribution in [-0.4, -0.2) is 36.3 Å². The van der Waals surface area contributed by atoms with Gasteiger partial charge in [-0.25, -0.2) is 4.79 Å². The number of thiophene rings is 1. The number of aromatic nitrogens is 5. The predicted molar refractivity (Wildman–Crippen MR) is 72.3 cm³/mol. The molecule has 3 aromatic rings. The molecule has 0 aliphatic heterocycles. The molecule has 0 atom stereocenters. The van der Waals surface area contributed by atoms with E-state index in [9.17, 15) is 4.79 Å². The van der Waals surface area contributed by atoms with Crippen LogP contribution < -0.4 is 0 Å². The maximum Gasteiger partial charge on any atom is 0.345 e. The van der Waals surface area contributed by atoms with E-state index in [-0.39, 0.29) is 4.88 Å². The minimum atomic E-state index is -0.984. The highest BCUT2D eigenvalue weighted by Gasteiger charge is 2.20. The maximum absolute atomic E-state index is 11.2. The third kappa shape index (κ3) is 2.16. The van der Waals surface area contributed by atoms with Gasteiger partial charge in [-0.05, 0) is 23.4 Å². The average Bonchev–Trinajstić information content (AvgIpc) is 3.05. The second-order valence-corrected chi connectivity index (χ2v) is 5.03. The number of carbonyl (C=O) groups is 1. The molecule has 0 aliphatic carbocycles. The average molecular weight is 287 g/mol. The summed E-state index contributed by atoms with van der Waals surface area (Å²) in [5, 5.41) is 21.0. The van der Waals surface area contributed by atoms with E-state index in [4.69, 9.17) is 5.11 Å². The molecule has 0 saturated carbocycles. The summed E-state index contributed by atoms with van der Waals surface area (Å²) in [4.78, 5) is 17.7. The summed E-state index contributed by atoms with van der Waals surface area (Å²) in [6.07, 6.45) is 1.66. The number of aromatic carboxylic acids is 1. The van der Waals surface area contributed by atoms with E-state index in [1.807, 2.05) is 12.1 Å². The van der Waals surface area contributed by atoms with Gasteiger partial charge in [-0.1, -0.05) is 6.07 Å². The number of pyridine rings is 1. The van der Waals surface area contributed by atoms with E-state index in [2.05, 4.69) is 20.4 Å². The minimum Gasteiger partial charge on any atom is -0.477 e. The second-order valence-electron chi connectivity index (χ2n) is 3.98. The summed E-state index contributed by atoms with van der Waals surface area (Å²) in [7, 11) is 1.65. The number of rotatable bonds is 3. The molecule has 100 valence electrons. The van der Waals surface area contributed by atoms with Crippen molar-refractivity contribution in [3.63, 3.8) is 0 Å². The van der Waals surface area contributed by atoms with Gasteiger partial charge in [0, 0.05) is 11.8 Å². The van der Waals surface area contributed by atoms with Crippen molar-refractivity contribution in [1.82, 2.24) is 25.2 Å². The normalized spacial score (nSPS) is 10.7. The fourth-order valence-electron chi connectivity index (χ4n) is 1.74. The SMILES string of the molecule is Cn1nnc(-c2cc(C(=O)O)sc2-c2ccccn2)n1. The van der Waals surface area contributed by atoms with Crippen molar-refractivity contribution in [3.8, 4) is 22.0 Å². The highest BCUT2D eigenvalue weighted by Crippen LogP contribution is 2.36. The van der Waals surface area contributed by atoms with Crippen molar-refractivity contribution in [3.05, 3.63) is 35.3 Å². The molecule has 0 unspecified atom stereocenters. The zero-order valence-corrected chi connectivity index (χ0v) is 11.2. The summed E-state index contributed by atoms with van der Waals surface area (Å²) in [6, 6.07) is 7.01. The van der Waals surface area contributed by atoms with Crippen LogP contribution in [-0.2, 0) is 7.05 Å². The summed E-state index contributed by atoms with van der Waals surface area (Å²) < 4.78 is 0. The van der Waals surface area contributed by atoms with E-state index >= 15 is 0 Å². The number of hydrogen-bond acceptors (Lipinski definition) is 6. The van der Waals surface area contributed by atoms with Gasteiger partial charge in [-0.15, -0.1) is 21.5 Å². The van der Waals surface area contributed by atoms with Crippen LogP contribution in [0.3, 0.4) is 0 Å². The molecule has 7 nitrogen and oxygen atoms in total. The lowest BCUT2D eigenvalue weighted by Crippen LogP contribution is -1.92. The first-order valence-corrected chi connectivity index (χ1v) is 6.49. The Morgan fingerprint density at radius 3 is 2.85 bits per heavy atom. The van der Waals surface area contributed by atoms with Crippen molar-refractivity contribution < 1.29 is 9.90 Å². The molecule has 3 aromatic heterocycles. The van der Waals surface area contributed by atoms with Crippen molar-refractivity contribution in [2.24, 2.45) is 7.05 Å². The zero-order valence-electron chi connectivity index (χ0n) is 10.4. The molecule has 0 fully saturated rings. The molecule has 3 rings (SSSR count). The van der Waals surface area contributed by atoms with Gasteiger partial charge in [0.1, 0.15) is 4.88 Å². The Morgan fingerprint density at radius 2 is 2.25 bits per heavy atom. The summed E-state index contributed by atoms with van der Waals surface area (Å²) in [5.41, 5.74) is 1.31. The first-order chi connectivity index (χ1) is 9.65. The van der Waals surface area contributed by atoms with Gasteiger partial charge >= 0.3 is 5.97 Å². The van der Waals surface area contributed by atoms with Crippen molar-refractivity contribution in [2.75, 3.05) is 0 Å². The topological polar surface area (TPSA) is 93.8 Å². The molecule has 0 aromatic carbocycles. The highest BCUT2D eigenvalue weighted by molar-refractivity contribution is 7.17. The fraction of sp³-hybridized carbons (Fsp3) is 0.0833. The third-order valence-electron chi connectivity index (χ3n) is 2.59. The molecular formula is C12H9N5O2S. The van der Waals surface area contributed by atoms with Gasteiger partial charge < -0.3 is 5.11 Å². The van der Waals surface area contributed by atoms with Gasteiger partial charge in [0.2, 0.25) is 5.82 Å². The second kappa shape index (κ2) is 4.82. The molecular weight excluding hydrogens is 278 g/mol. The minimum absolute atomic E-state index is 0.216. The molecule has 0 saturated heterocycles. The van der Waals surface area contributed by atoms with Gasteiger partial charge in [0.05, 0.1) is 17.6 Å². The molecule has 0 aliphatic rings. The Balaban J connectivity index is 2.20. The Bertz CT molecular complexity index is 765. The Kier molecular flexibility index (Phi) is 2.99. The van der Waals surface area contributed by atoms with E-state index in [0.717, 1.165) is 16.2 Å². The lowest BCUT2D eigenvalue weighted by molar-refractivity contribution is 0.0702. The first-order valence-electron chi connectivity index (χ1n) is 5.68. The van der Waals surface area contributed by atoms with Crippen LogP contribution in [0.1, 0.15) is 9.67 Å². The zero-order chi connectivity index (χ0) is 14.1. The smallest absolute Gasteiger partial charge is 0.345 e. The number of carboxylic acids is 1. The third-order valence-corrected chi connectivity index (χ3v) is 3.74. The van der Waals surface area contributed by atoms with Gasteiger partial charge in [0.15, 0.2) is 0 Å². The Hall–Kier alpha value is -2.61. The summed E-state index contributed by atoms with van der Waals surface area (Å²) >= 11 is 1.15. The molecule has 1 N–H and O–H groups in total. The number of hydrogen-bond donors (Lipinski definition) is 1. The van der Waals surface area contributed by atoms with Crippen LogP contribution in [0.4, 0.5) is 0 Å². The van der Waals surface area contributed by atoms with Crippen molar-refractivity contribution in [1.29, 1.82) is 0 Å². The number of tetrazole rings is 1. The fourth-order valence-corrected chi connectivity index (χ4v) is 2.71. The molecule has 0 bridgehead atoms. The summed E-state index contributed by atoms with van der Waals surface area (Å²) in [5.74, 6) is -0.598. The highest BCUT2D eigenvalue weighted by atomic mass is 32.1. The monoisotopic (exact) mass is 287 g/mol. The van der Waals surface area contributed by atoms with Crippen LogP contribution >= 0.6 is 11.3 Å². The summed E-state index contributed by atoms with van der Waals surface area (Å²) in [6.45, 7) is 0. The molecule has 0 radical (unpaired) electrons. The number of aryl methyl sites for hydroxylation is 1. The van der Waals surface area contributed by atoms with Crippen LogP contribution in [0.15, 0.2) is 30.5 Å². The van der Waals surface area contributed by atoms with E-state index in [0.29, 0.717) is 17.1 Å². The van der Waals surface area contributed by atoms with E-state index < -0.39 is 5.97 Å². The lowest BCUT2D eigenvalue weighted by atomic mass is 10.2. The van der Waals surface area contributed by atoms with Gasteiger partial charge in [0.25, 0.3) is 0 Å². The van der Waals surface area contributed by atoms with Crippen LogP contribution in [0.5, 0.6) is 0 Å². The van der Waals surface area contributed by atoms with E-state index in [1.54, 1.807) is 25.4 Å². The molecule has 0 spiro atoms. The molecule has 3 heterocycles. The van der Waals surface area contributed by atoms with Crippen LogP contribution in [0.25, 0.3) is 22.0 Å². The van der Waals surface area contributed by atoms with Crippen LogP contribution in [0.2, 0.25) is 0 Å². The van der Waals surface area contributed by atoms with Crippen LogP contribution in [0, 0.1) is 0 Å². The quantitative estimate of drug-likeness (QED) is 0.788. The molecule has 0 amide bonds. The van der Waals surface area contributed by atoms with Crippen molar-refractivity contribution in [2.45, 2.75) is 0 Å². The molecule has 20 heavy (non-hydrogen) atoms. The van der Waals surface area contributed by atoms with Crippen molar-refractivity contribution >= 4 is 17.3 Å². The van der Waals surface area contributed by atoms with Gasteiger partial charge in [-0.3, -0.25) is 4.98 Å². The first kappa shape index (κ1) is 12.4. The standard InChI is InChI=1S/C12H9N5O2S/c1-17-15-11(14-16-17)7-6-9(12(18)19)20-10(7)8-4-2-3-5-13-8/h2-6H,1H3,(H,18,19). The maximum atomic E-state index is 11.2. The Labute approximate surface area is 117 Å². The predicted octanol–water partition coefficient (Wildman–Crippen LogP) is 1.70. The largest absolute Gasteiger partial charge is 0.477 e. The molecule has 8 heteroatoms. The Morgan fingerprint density at radius 1 is 1.40 bits per heavy atom. The lowest BCUT2D eigenvalue weighted by Gasteiger charge is -1.98. The van der Waals surface area contributed by atoms with Gasteiger partial charge in [-0.2, -0.15) is 4.80 Å². The van der Waals surface area contributed by atoms with E-state index in [1.165, 1.54) is 4.80 Å². The number of nitrogens with zero attached hydrogens (tertiary/aromatic N) is 5.